The fourth-order valence-electron chi connectivity index (χ4n) is 1.18. The Morgan fingerprint density at radius 3 is 0.875 bits per heavy atom. The van der Waals surface area contributed by atoms with Crippen LogP contribution in [0.5, 0.6) is 0 Å². The Morgan fingerprint density at radius 1 is 0.500 bits per heavy atom. The average molecular weight is 271 g/mol. The summed E-state index contributed by atoms with van der Waals surface area (Å²) in [6.45, 7) is 8.95. The molecule has 0 spiro atoms. The number of hydrogen-bond donors (Lipinski definition) is 0. The molecule has 0 atom stereocenters. The van der Waals surface area contributed by atoms with Crippen LogP contribution in [0.25, 0.3) is 0 Å². The van der Waals surface area contributed by atoms with Gasteiger partial charge in [-0.1, -0.05) is 85.5 Å². The Balaban J connectivity index is -0.000000172. The number of unbranched alkanes of at least 4 members (excludes halogenated alkanes) is 7. The van der Waals surface area contributed by atoms with Gasteiger partial charge in [-0.15, -0.1) is 23.2 Å². The van der Waals surface area contributed by atoms with Gasteiger partial charge in [0.2, 0.25) is 0 Å². The molecule has 0 aliphatic rings. The van der Waals surface area contributed by atoms with E-state index in [1.807, 2.05) is 0 Å². The van der Waals surface area contributed by atoms with Crippen LogP contribution in [0.2, 0.25) is 0 Å². The van der Waals surface area contributed by atoms with Gasteiger partial charge < -0.3 is 0 Å². The van der Waals surface area contributed by atoms with E-state index >= 15 is 0 Å². The highest BCUT2D eigenvalue weighted by atomic mass is 35.5. The molecule has 0 aromatic carbocycles. The van der Waals surface area contributed by atoms with Crippen LogP contribution in [0, 0.1) is 0 Å². The fraction of sp³-hybridized carbons (Fsp3) is 1.00. The van der Waals surface area contributed by atoms with Gasteiger partial charge in [-0.25, -0.2) is 0 Å². The zero-order valence-electron chi connectivity index (χ0n) is 11.8. The van der Waals surface area contributed by atoms with Crippen LogP contribution in [0.3, 0.4) is 0 Å². The smallest absolute Gasteiger partial charge is 0.0967 e. The molecule has 0 bridgehead atoms. The summed E-state index contributed by atoms with van der Waals surface area (Å²) in [6.07, 6.45) is 12.5. The highest BCUT2D eigenvalue weighted by Crippen LogP contribution is 2.00. The van der Waals surface area contributed by atoms with E-state index in [4.69, 9.17) is 23.2 Å². The predicted molar refractivity (Wildman–Crippen MR) is 80.8 cm³/mol. The topological polar surface area (TPSA) is 0 Å². The third-order valence-electron chi connectivity index (χ3n) is 2.16. The van der Waals surface area contributed by atoms with Crippen LogP contribution in [-0.4, -0.2) is 5.34 Å². The Kier molecular flexibility index (Phi) is 40.4. The van der Waals surface area contributed by atoms with Crippen LogP contribution < -0.4 is 0 Å². The summed E-state index contributed by atoms with van der Waals surface area (Å²) in [6, 6.07) is 0. The molecule has 0 N–H and O–H groups in total. The van der Waals surface area contributed by atoms with Crippen molar-refractivity contribution in [1.82, 2.24) is 0 Å². The standard InChI is InChI=1S/C7H16.C6H14.CH2Cl2/c1-3-5-7-6-4-2;1-3-5-6-4-2;2-1-3/h3-7H2,1-2H3;3-6H2,1-2H3;1H2. The van der Waals surface area contributed by atoms with Crippen molar-refractivity contribution < 1.29 is 0 Å². The summed E-state index contributed by atoms with van der Waals surface area (Å²) in [7, 11) is 0. The lowest BCUT2D eigenvalue weighted by Crippen LogP contribution is -1.70. The van der Waals surface area contributed by atoms with E-state index in [1.165, 1.54) is 57.8 Å². The van der Waals surface area contributed by atoms with Gasteiger partial charge in [-0.3, -0.25) is 0 Å². The summed E-state index contributed by atoms with van der Waals surface area (Å²) in [4.78, 5) is 0. The Morgan fingerprint density at radius 2 is 0.688 bits per heavy atom. The molecule has 0 saturated heterocycles. The maximum Gasteiger partial charge on any atom is 0.0967 e. The molecule has 0 amide bonds. The van der Waals surface area contributed by atoms with Crippen molar-refractivity contribution in [3.05, 3.63) is 0 Å². The van der Waals surface area contributed by atoms with Gasteiger partial charge in [0.05, 0.1) is 5.34 Å². The normalized spacial score (nSPS) is 8.62. The van der Waals surface area contributed by atoms with E-state index < -0.39 is 0 Å². The van der Waals surface area contributed by atoms with Crippen molar-refractivity contribution in [1.29, 1.82) is 0 Å². The minimum Gasteiger partial charge on any atom is -0.109 e. The molecule has 2 heteroatoms. The van der Waals surface area contributed by atoms with Gasteiger partial charge in [0.1, 0.15) is 0 Å². The van der Waals surface area contributed by atoms with E-state index in [2.05, 4.69) is 27.7 Å². The molecule has 0 aromatic heterocycles. The van der Waals surface area contributed by atoms with Crippen LogP contribution >= 0.6 is 23.2 Å². The second kappa shape index (κ2) is 29.6. The third-order valence-corrected chi connectivity index (χ3v) is 2.16. The van der Waals surface area contributed by atoms with E-state index in [0.29, 0.717) is 0 Å². The first-order valence-electron chi connectivity index (χ1n) is 6.86. The molecule has 0 saturated carbocycles. The predicted octanol–water partition coefficient (Wildman–Crippen LogP) is 6.98. The highest BCUT2D eigenvalue weighted by molar-refractivity contribution is 6.40. The zero-order valence-corrected chi connectivity index (χ0v) is 13.3. The van der Waals surface area contributed by atoms with Gasteiger partial charge in [0, 0.05) is 0 Å². The maximum atomic E-state index is 4.76. The van der Waals surface area contributed by atoms with Crippen molar-refractivity contribution in [2.24, 2.45) is 0 Å². The van der Waals surface area contributed by atoms with Crippen molar-refractivity contribution in [3.63, 3.8) is 0 Å². The van der Waals surface area contributed by atoms with Crippen molar-refractivity contribution in [2.75, 3.05) is 5.34 Å². The Labute approximate surface area is 114 Å². The molecule has 0 rings (SSSR count). The molecule has 0 radical (unpaired) electrons. The maximum absolute atomic E-state index is 4.76. The molecule has 0 unspecified atom stereocenters. The Hall–Kier alpha value is 0.580. The first kappa shape index (κ1) is 21.8. The quantitative estimate of drug-likeness (QED) is 0.346. The lowest BCUT2D eigenvalue weighted by atomic mass is 10.2. The first-order chi connectivity index (χ1) is 7.74. The summed E-state index contributed by atoms with van der Waals surface area (Å²) in [5, 5.41) is 0.194. The van der Waals surface area contributed by atoms with Crippen LogP contribution in [-0.2, 0) is 0 Å². The van der Waals surface area contributed by atoms with Crippen LogP contribution in [0.15, 0.2) is 0 Å². The van der Waals surface area contributed by atoms with E-state index in [9.17, 15) is 0 Å². The summed E-state index contributed by atoms with van der Waals surface area (Å²) in [5.41, 5.74) is 0. The monoisotopic (exact) mass is 270 g/mol. The van der Waals surface area contributed by atoms with Gasteiger partial charge in [0.15, 0.2) is 0 Å². The number of alkyl halides is 2. The molecule has 0 aromatic rings. The van der Waals surface area contributed by atoms with Crippen LogP contribution in [0.1, 0.15) is 85.5 Å². The van der Waals surface area contributed by atoms with Gasteiger partial charge >= 0.3 is 0 Å². The summed E-state index contributed by atoms with van der Waals surface area (Å²) >= 11 is 9.53. The van der Waals surface area contributed by atoms with Crippen molar-refractivity contribution >= 4 is 23.2 Å². The van der Waals surface area contributed by atoms with Crippen molar-refractivity contribution in [2.45, 2.75) is 85.5 Å². The van der Waals surface area contributed by atoms with Gasteiger partial charge in [0.25, 0.3) is 0 Å². The number of hydrogen-bond acceptors (Lipinski definition) is 0. The lowest BCUT2D eigenvalue weighted by Gasteiger charge is -1.90. The highest BCUT2D eigenvalue weighted by Gasteiger charge is 1.80. The second-order valence-electron chi connectivity index (χ2n) is 3.87. The first-order valence-corrected chi connectivity index (χ1v) is 7.93. The SMILES string of the molecule is CCCCCC.CCCCCCC.ClCCl. The van der Waals surface area contributed by atoms with E-state index in [0.717, 1.165) is 0 Å². The summed E-state index contributed by atoms with van der Waals surface area (Å²) in [5.74, 6) is 0. The lowest BCUT2D eigenvalue weighted by molar-refractivity contribution is 0.656. The van der Waals surface area contributed by atoms with Crippen molar-refractivity contribution in [3.8, 4) is 0 Å². The molecule has 0 heterocycles. The molecule has 0 fully saturated rings. The average Bonchev–Trinajstić information content (AvgIpc) is 2.29. The molecule has 0 aliphatic heterocycles. The number of rotatable bonds is 7. The molecule has 16 heavy (non-hydrogen) atoms. The third kappa shape index (κ3) is 46.8. The Bertz CT molecular complexity index is 67.1. The van der Waals surface area contributed by atoms with E-state index in [1.54, 1.807) is 0 Å². The minimum absolute atomic E-state index is 0.194. The molecular weight excluding hydrogens is 239 g/mol. The molecule has 0 aliphatic carbocycles. The largest absolute Gasteiger partial charge is 0.109 e. The van der Waals surface area contributed by atoms with Gasteiger partial charge in [-0.2, -0.15) is 0 Å². The molecular formula is C14H32Cl2. The second-order valence-corrected chi connectivity index (χ2v) is 4.68. The summed E-state index contributed by atoms with van der Waals surface area (Å²) < 4.78 is 0. The minimum atomic E-state index is 0.194. The molecule has 0 nitrogen and oxygen atoms in total. The molecule has 102 valence electrons. The van der Waals surface area contributed by atoms with E-state index in [-0.39, 0.29) is 5.34 Å². The van der Waals surface area contributed by atoms with Crippen LogP contribution in [0.4, 0.5) is 0 Å². The zero-order chi connectivity index (χ0) is 13.1. The van der Waals surface area contributed by atoms with Gasteiger partial charge in [-0.05, 0) is 0 Å². The fourth-order valence-corrected chi connectivity index (χ4v) is 1.18. The number of halogens is 2.